The Hall–Kier alpha value is -1.42. The van der Waals surface area contributed by atoms with Gasteiger partial charge in [0.15, 0.2) is 12.4 Å². The summed E-state index contributed by atoms with van der Waals surface area (Å²) in [6.07, 6.45) is 0. The Balaban J connectivity index is 2.53. The number of rotatable bonds is 5. The Morgan fingerprint density at radius 2 is 2.11 bits per heavy atom. The lowest BCUT2D eigenvalue weighted by atomic mass is 10.1. The van der Waals surface area contributed by atoms with Crippen LogP contribution in [0.15, 0.2) is 18.2 Å². The molecule has 18 heavy (non-hydrogen) atoms. The summed E-state index contributed by atoms with van der Waals surface area (Å²) in [5, 5.41) is 3.24. The normalized spacial score (nSPS) is 12.3. The summed E-state index contributed by atoms with van der Waals surface area (Å²) in [6.45, 7) is 5.94. The van der Waals surface area contributed by atoms with Crippen molar-refractivity contribution in [1.82, 2.24) is 5.32 Å². The zero-order valence-corrected chi connectivity index (χ0v) is 11.6. The minimum absolute atomic E-state index is 0.0923. The molecule has 3 N–H and O–H groups in total. The number of carbonyl (C=O) groups is 1. The Morgan fingerprint density at radius 3 is 2.67 bits per heavy atom. The van der Waals surface area contributed by atoms with Crippen LogP contribution in [-0.4, -0.2) is 18.6 Å². The molecule has 0 radical (unpaired) electrons. The van der Waals surface area contributed by atoms with Crippen molar-refractivity contribution in [2.75, 3.05) is 12.3 Å². The van der Waals surface area contributed by atoms with E-state index in [0.29, 0.717) is 22.4 Å². The second-order valence-electron chi connectivity index (χ2n) is 4.55. The number of hydrogen-bond donors (Lipinski definition) is 2. The molecule has 0 fully saturated rings. The second-order valence-corrected chi connectivity index (χ2v) is 4.95. The van der Waals surface area contributed by atoms with Gasteiger partial charge in [-0.2, -0.15) is 0 Å². The molecule has 1 unspecified atom stereocenters. The molecule has 0 aliphatic carbocycles. The van der Waals surface area contributed by atoms with Crippen LogP contribution in [0.3, 0.4) is 0 Å². The van der Waals surface area contributed by atoms with Crippen molar-refractivity contribution in [2.24, 2.45) is 5.92 Å². The van der Waals surface area contributed by atoms with E-state index in [4.69, 9.17) is 22.1 Å². The minimum atomic E-state index is -0.185. The van der Waals surface area contributed by atoms with Crippen LogP contribution in [-0.2, 0) is 4.79 Å². The molecule has 1 rings (SSSR count). The quantitative estimate of drug-likeness (QED) is 0.808. The van der Waals surface area contributed by atoms with Crippen molar-refractivity contribution in [3.63, 3.8) is 0 Å². The lowest BCUT2D eigenvalue weighted by Gasteiger charge is -2.18. The maximum Gasteiger partial charge on any atom is 0.258 e. The Bertz CT molecular complexity index is 401. The van der Waals surface area contributed by atoms with Crippen LogP contribution in [0.4, 0.5) is 5.69 Å². The number of halogens is 1. The third kappa shape index (κ3) is 4.11. The average molecular weight is 271 g/mol. The fourth-order valence-corrected chi connectivity index (χ4v) is 1.51. The number of para-hydroxylation sites is 1. The van der Waals surface area contributed by atoms with Gasteiger partial charge in [-0.15, -0.1) is 0 Å². The molecule has 1 amide bonds. The van der Waals surface area contributed by atoms with Crippen LogP contribution < -0.4 is 15.8 Å². The van der Waals surface area contributed by atoms with E-state index in [0.717, 1.165) is 0 Å². The van der Waals surface area contributed by atoms with Gasteiger partial charge in [-0.25, -0.2) is 0 Å². The molecule has 0 saturated carbocycles. The third-order valence-corrected chi connectivity index (χ3v) is 3.03. The topological polar surface area (TPSA) is 64.3 Å². The predicted octanol–water partition coefficient (Wildman–Crippen LogP) is 2.46. The number of benzene rings is 1. The van der Waals surface area contributed by atoms with E-state index < -0.39 is 0 Å². The second kappa shape index (κ2) is 6.50. The molecule has 0 aliphatic rings. The highest BCUT2D eigenvalue weighted by molar-refractivity contribution is 6.32. The highest BCUT2D eigenvalue weighted by atomic mass is 35.5. The average Bonchev–Trinajstić information content (AvgIpc) is 2.28. The Labute approximate surface area is 112 Å². The van der Waals surface area contributed by atoms with Crippen LogP contribution in [0.25, 0.3) is 0 Å². The van der Waals surface area contributed by atoms with E-state index in [2.05, 4.69) is 5.32 Å². The highest BCUT2D eigenvalue weighted by Gasteiger charge is 2.12. The molecule has 0 spiro atoms. The summed E-state index contributed by atoms with van der Waals surface area (Å²) in [4.78, 5) is 11.6. The Morgan fingerprint density at radius 1 is 1.44 bits per heavy atom. The van der Waals surface area contributed by atoms with Gasteiger partial charge in [0.25, 0.3) is 5.91 Å². The molecule has 0 saturated heterocycles. The van der Waals surface area contributed by atoms with Crippen LogP contribution >= 0.6 is 11.6 Å². The molecule has 0 aromatic heterocycles. The lowest BCUT2D eigenvalue weighted by Crippen LogP contribution is -2.39. The number of nitrogens with two attached hydrogens (primary N) is 1. The van der Waals surface area contributed by atoms with E-state index in [-0.39, 0.29) is 18.6 Å². The predicted molar refractivity (Wildman–Crippen MR) is 73.8 cm³/mol. The van der Waals surface area contributed by atoms with Crippen molar-refractivity contribution in [3.05, 3.63) is 23.2 Å². The third-order valence-electron chi connectivity index (χ3n) is 2.73. The SMILES string of the molecule is CC(C)C(C)NC(=O)COc1c(N)cccc1Cl. The van der Waals surface area contributed by atoms with Gasteiger partial charge in [0, 0.05) is 6.04 Å². The molecule has 0 heterocycles. The molecule has 1 aromatic rings. The van der Waals surface area contributed by atoms with Crippen LogP contribution in [0.2, 0.25) is 5.02 Å². The van der Waals surface area contributed by atoms with Gasteiger partial charge in [0.1, 0.15) is 0 Å². The van der Waals surface area contributed by atoms with Crippen LogP contribution in [0, 0.1) is 5.92 Å². The number of nitrogen functional groups attached to an aromatic ring is 1. The van der Waals surface area contributed by atoms with E-state index in [1.165, 1.54) is 0 Å². The van der Waals surface area contributed by atoms with Gasteiger partial charge >= 0.3 is 0 Å². The number of amides is 1. The number of hydrogen-bond acceptors (Lipinski definition) is 3. The van der Waals surface area contributed by atoms with E-state index in [9.17, 15) is 4.79 Å². The van der Waals surface area contributed by atoms with Crippen molar-refractivity contribution < 1.29 is 9.53 Å². The van der Waals surface area contributed by atoms with Crippen molar-refractivity contribution >= 4 is 23.2 Å². The molecule has 4 nitrogen and oxygen atoms in total. The summed E-state index contributed by atoms with van der Waals surface area (Å²) in [7, 11) is 0. The summed E-state index contributed by atoms with van der Waals surface area (Å²) in [5.74, 6) is 0.543. The van der Waals surface area contributed by atoms with Crippen LogP contribution in [0.5, 0.6) is 5.75 Å². The fraction of sp³-hybridized carbons (Fsp3) is 0.462. The summed E-state index contributed by atoms with van der Waals surface area (Å²) in [6, 6.07) is 5.17. The van der Waals surface area contributed by atoms with Crippen LogP contribution in [0.1, 0.15) is 20.8 Å². The van der Waals surface area contributed by atoms with E-state index in [1.807, 2.05) is 20.8 Å². The number of nitrogens with one attached hydrogen (secondary N) is 1. The molecular formula is C13H19ClN2O2. The summed E-state index contributed by atoms with van der Waals surface area (Å²) in [5.41, 5.74) is 6.14. The number of anilines is 1. The van der Waals surface area contributed by atoms with Gasteiger partial charge in [-0.05, 0) is 25.0 Å². The van der Waals surface area contributed by atoms with Crippen molar-refractivity contribution in [2.45, 2.75) is 26.8 Å². The zero-order chi connectivity index (χ0) is 13.7. The fourth-order valence-electron chi connectivity index (χ4n) is 1.28. The van der Waals surface area contributed by atoms with Gasteiger partial charge in [-0.3, -0.25) is 4.79 Å². The number of carbonyl (C=O) groups excluding carboxylic acids is 1. The molecule has 100 valence electrons. The standard InChI is InChI=1S/C13H19ClN2O2/c1-8(2)9(3)16-12(17)7-18-13-10(14)5-4-6-11(13)15/h4-6,8-9H,7,15H2,1-3H3,(H,16,17). The Kier molecular flexibility index (Phi) is 5.28. The first-order valence-corrected chi connectivity index (χ1v) is 6.25. The minimum Gasteiger partial charge on any atom is -0.480 e. The first kappa shape index (κ1) is 14.6. The first-order chi connectivity index (χ1) is 8.41. The largest absolute Gasteiger partial charge is 0.480 e. The van der Waals surface area contributed by atoms with Gasteiger partial charge in [0.05, 0.1) is 10.7 Å². The number of ether oxygens (including phenoxy) is 1. The first-order valence-electron chi connectivity index (χ1n) is 5.88. The smallest absolute Gasteiger partial charge is 0.258 e. The lowest BCUT2D eigenvalue weighted by molar-refractivity contribution is -0.123. The molecular weight excluding hydrogens is 252 g/mol. The van der Waals surface area contributed by atoms with E-state index in [1.54, 1.807) is 18.2 Å². The van der Waals surface area contributed by atoms with Gasteiger partial charge in [0.2, 0.25) is 0 Å². The molecule has 0 bridgehead atoms. The van der Waals surface area contributed by atoms with Gasteiger partial charge in [-0.1, -0.05) is 31.5 Å². The molecule has 0 aliphatic heterocycles. The summed E-state index contributed by atoms with van der Waals surface area (Å²) >= 11 is 5.93. The zero-order valence-electron chi connectivity index (χ0n) is 10.9. The van der Waals surface area contributed by atoms with Crippen molar-refractivity contribution in [1.29, 1.82) is 0 Å². The molecule has 1 aromatic carbocycles. The van der Waals surface area contributed by atoms with Gasteiger partial charge < -0.3 is 15.8 Å². The van der Waals surface area contributed by atoms with Crippen molar-refractivity contribution in [3.8, 4) is 5.75 Å². The molecule has 5 heteroatoms. The summed E-state index contributed by atoms with van der Waals surface area (Å²) < 4.78 is 5.34. The highest BCUT2D eigenvalue weighted by Crippen LogP contribution is 2.30. The monoisotopic (exact) mass is 270 g/mol. The maximum absolute atomic E-state index is 11.6. The maximum atomic E-state index is 11.6. The van der Waals surface area contributed by atoms with E-state index >= 15 is 0 Å². The molecule has 1 atom stereocenters.